The molecule has 0 bridgehead atoms. The third-order valence-corrected chi connectivity index (χ3v) is 4.97. The molecule has 0 unspecified atom stereocenters. The Bertz CT molecular complexity index is 999. The molecule has 2 aromatic carbocycles. The second-order valence-corrected chi connectivity index (χ2v) is 6.92. The van der Waals surface area contributed by atoms with E-state index in [0.29, 0.717) is 10.8 Å². The number of hydrogen-bond donors (Lipinski definition) is 1. The standard InChI is InChI=1S/C21H20N2O4S/c1-3-15-7-4-5-10-19(15)23(14(2)24)21-22-17(13-28-21)12-27-20(26)16-8-6-9-18(25)11-16/h4-11,13,25H,3,12H2,1-2H3. The number of esters is 1. The first-order valence-corrected chi connectivity index (χ1v) is 9.66. The maximum atomic E-state index is 12.3. The Morgan fingerprint density at radius 2 is 1.96 bits per heavy atom. The lowest BCUT2D eigenvalue weighted by molar-refractivity contribution is -0.115. The maximum Gasteiger partial charge on any atom is 0.338 e. The Kier molecular flexibility index (Phi) is 6.06. The van der Waals surface area contributed by atoms with E-state index in [1.807, 2.05) is 31.2 Å². The molecule has 144 valence electrons. The lowest BCUT2D eigenvalue weighted by Gasteiger charge is -2.20. The highest BCUT2D eigenvalue weighted by Gasteiger charge is 2.20. The summed E-state index contributed by atoms with van der Waals surface area (Å²) in [5, 5.41) is 11.7. The molecule has 0 fully saturated rings. The molecule has 3 rings (SSSR count). The molecule has 7 heteroatoms. The first kappa shape index (κ1) is 19.6. The number of benzene rings is 2. The molecule has 0 aliphatic rings. The van der Waals surface area contributed by atoms with Crippen LogP contribution in [-0.4, -0.2) is 22.0 Å². The number of phenolic OH excluding ortho intramolecular Hbond substituents is 1. The number of thiazole rings is 1. The minimum atomic E-state index is -0.551. The summed E-state index contributed by atoms with van der Waals surface area (Å²) in [6.45, 7) is 3.51. The fourth-order valence-corrected chi connectivity index (χ4v) is 3.62. The lowest BCUT2D eigenvalue weighted by Crippen LogP contribution is -2.23. The van der Waals surface area contributed by atoms with Crippen LogP contribution in [0.5, 0.6) is 5.75 Å². The molecule has 0 radical (unpaired) electrons. The van der Waals surface area contributed by atoms with E-state index < -0.39 is 5.97 Å². The van der Waals surface area contributed by atoms with Crippen LogP contribution in [-0.2, 0) is 22.6 Å². The number of para-hydroxylation sites is 1. The van der Waals surface area contributed by atoms with Gasteiger partial charge in [-0.15, -0.1) is 11.3 Å². The third kappa shape index (κ3) is 4.37. The number of aromatic nitrogens is 1. The average Bonchev–Trinajstić information content (AvgIpc) is 3.14. The van der Waals surface area contributed by atoms with Crippen molar-refractivity contribution in [2.75, 3.05) is 4.90 Å². The molecule has 1 N–H and O–H groups in total. The summed E-state index contributed by atoms with van der Waals surface area (Å²) in [4.78, 5) is 30.4. The number of hydrogen-bond acceptors (Lipinski definition) is 6. The number of phenols is 1. The number of rotatable bonds is 6. The van der Waals surface area contributed by atoms with Crippen molar-refractivity contribution in [2.45, 2.75) is 26.9 Å². The summed E-state index contributed by atoms with van der Waals surface area (Å²) in [7, 11) is 0. The van der Waals surface area contributed by atoms with E-state index in [9.17, 15) is 14.7 Å². The number of amides is 1. The Labute approximate surface area is 167 Å². The van der Waals surface area contributed by atoms with Gasteiger partial charge < -0.3 is 9.84 Å². The molecule has 0 aliphatic carbocycles. The number of anilines is 2. The number of ether oxygens (including phenoxy) is 1. The molecule has 1 heterocycles. The van der Waals surface area contributed by atoms with Gasteiger partial charge >= 0.3 is 5.97 Å². The highest BCUT2D eigenvalue weighted by Crippen LogP contribution is 2.32. The van der Waals surface area contributed by atoms with E-state index in [-0.39, 0.29) is 23.8 Å². The van der Waals surface area contributed by atoms with Crippen LogP contribution >= 0.6 is 11.3 Å². The van der Waals surface area contributed by atoms with E-state index >= 15 is 0 Å². The van der Waals surface area contributed by atoms with Crippen LogP contribution in [0.15, 0.2) is 53.9 Å². The van der Waals surface area contributed by atoms with Gasteiger partial charge in [-0.3, -0.25) is 9.69 Å². The number of carbonyl (C=O) groups is 2. The summed E-state index contributed by atoms with van der Waals surface area (Å²) < 4.78 is 5.26. The van der Waals surface area contributed by atoms with Crippen LogP contribution in [0.4, 0.5) is 10.8 Å². The summed E-state index contributed by atoms with van der Waals surface area (Å²) >= 11 is 1.31. The molecule has 0 saturated heterocycles. The van der Waals surface area contributed by atoms with E-state index in [1.165, 1.54) is 30.4 Å². The summed E-state index contributed by atoms with van der Waals surface area (Å²) in [5.41, 5.74) is 2.66. The predicted molar refractivity (Wildman–Crippen MR) is 108 cm³/mol. The largest absolute Gasteiger partial charge is 0.508 e. The SMILES string of the molecule is CCc1ccccc1N(C(C)=O)c1nc(COC(=O)c2cccc(O)c2)cs1. The summed E-state index contributed by atoms with van der Waals surface area (Å²) in [6.07, 6.45) is 0.791. The molecule has 0 saturated carbocycles. The number of aromatic hydroxyl groups is 1. The second-order valence-electron chi connectivity index (χ2n) is 6.08. The summed E-state index contributed by atoms with van der Waals surface area (Å²) in [5.74, 6) is -0.694. The molecule has 3 aromatic rings. The quantitative estimate of drug-likeness (QED) is 0.623. The van der Waals surface area contributed by atoms with Gasteiger partial charge in [0.25, 0.3) is 0 Å². The van der Waals surface area contributed by atoms with Crippen molar-refractivity contribution < 1.29 is 19.4 Å². The Hall–Kier alpha value is -3.19. The van der Waals surface area contributed by atoms with Gasteiger partial charge in [0.2, 0.25) is 5.91 Å². The molecule has 0 aliphatic heterocycles. The molecular formula is C21H20N2O4S. The minimum absolute atomic E-state index is 0.00270. The molecule has 28 heavy (non-hydrogen) atoms. The van der Waals surface area contributed by atoms with E-state index in [1.54, 1.807) is 22.4 Å². The van der Waals surface area contributed by atoms with E-state index in [2.05, 4.69) is 4.98 Å². The maximum absolute atomic E-state index is 12.3. The first-order chi connectivity index (χ1) is 13.5. The molecule has 0 spiro atoms. The van der Waals surface area contributed by atoms with E-state index in [4.69, 9.17) is 4.74 Å². The predicted octanol–water partition coefficient (Wildman–Crippen LogP) is 4.45. The minimum Gasteiger partial charge on any atom is -0.508 e. The number of carbonyl (C=O) groups excluding carboxylic acids is 2. The highest BCUT2D eigenvalue weighted by atomic mass is 32.1. The fraction of sp³-hybridized carbons (Fsp3) is 0.190. The average molecular weight is 396 g/mol. The van der Waals surface area contributed by atoms with Gasteiger partial charge in [0, 0.05) is 12.3 Å². The van der Waals surface area contributed by atoms with Crippen molar-refractivity contribution in [1.29, 1.82) is 0 Å². The Balaban J connectivity index is 1.76. The van der Waals surface area contributed by atoms with Gasteiger partial charge in [0.05, 0.1) is 16.9 Å². The van der Waals surface area contributed by atoms with Gasteiger partial charge in [-0.25, -0.2) is 9.78 Å². The zero-order valence-corrected chi connectivity index (χ0v) is 16.4. The molecule has 0 atom stereocenters. The van der Waals surface area contributed by atoms with Crippen molar-refractivity contribution in [3.05, 3.63) is 70.7 Å². The number of nitrogens with zero attached hydrogens (tertiary/aromatic N) is 2. The second kappa shape index (κ2) is 8.67. The van der Waals surface area contributed by atoms with Crippen molar-refractivity contribution in [2.24, 2.45) is 0 Å². The number of aryl methyl sites for hydroxylation is 1. The van der Waals surface area contributed by atoms with Crippen LogP contribution < -0.4 is 4.90 Å². The molecule has 1 aromatic heterocycles. The van der Waals surface area contributed by atoms with Gasteiger partial charge in [-0.1, -0.05) is 31.2 Å². The fourth-order valence-electron chi connectivity index (χ4n) is 2.76. The Morgan fingerprint density at radius 1 is 1.18 bits per heavy atom. The van der Waals surface area contributed by atoms with Gasteiger partial charge in [0.1, 0.15) is 12.4 Å². The van der Waals surface area contributed by atoms with Crippen molar-refractivity contribution in [3.63, 3.8) is 0 Å². The zero-order valence-electron chi connectivity index (χ0n) is 15.6. The Morgan fingerprint density at radius 3 is 2.68 bits per heavy atom. The van der Waals surface area contributed by atoms with Crippen LogP contribution in [0.1, 0.15) is 35.5 Å². The topological polar surface area (TPSA) is 79.7 Å². The highest BCUT2D eigenvalue weighted by molar-refractivity contribution is 7.14. The van der Waals surface area contributed by atoms with Crippen LogP contribution in [0.2, 0.25) is 0 Å². The molecule has 1 amide bonds. The van der Waals surface area contributed by atoms with Crippen LogP contribution in [0.25, 0.3) is 0 Å². The zero-order chi connectivity index (χ0) is 20.1. The van der Waals surface area contributed by atoms with E-state index in [0.717, 1.165) is 17.7 Å². The van der Waals surface area contributed by atoms with Crippen molar-refractivity contribution in [1.82, 2.24) is 4.98 Å². The first-order valence-electron chi connectivity index (χ1n) is 8.78. The van der Waals surface area contributed by atoms with Gasteiger partial charge in [0.15, 0.2) is 5.13 Å². The molecular weight excluding hydrogens is 376 g/mol. The van der Waals surface area contributed by atoms with Gasteiger partial charge in [-0.2, -0.15) is 0 Å². The monoisotopic (exact) mass is 396 g/mol. The van der Waals surface area contributed by atoms with Crippen molar-refractivity contribution in [3.8, 4) is 5.75 Å². The summed E-state index contributed by atoms with van der Waals surface area (Å²) in [6, 6.07) is 13.7. The smallest absolute Gasteiger partial charge is 0.338 e. The normalized spacial score (nSPS) is 10.5. The molecule has 6 nitrogen and oxygen atoms in total. The van der Waals surface area contributed by atoms with Gasteiger partial charge in [-0.05, 0) is 36.2 Å². The van der Waals surface area contributed by atoms with Crippen molar-refractivity contribution >= 4 is 34.0 Å². The van der Waals surface area contributed by atoms with Crippen LogP contribution in [0.3, 0.4) is 0 Å². The van der Waals surface area contributed by atoms with Crippen LogP contribution in [0, 0.1) is 0 Å². The third-order valence-electron chi connectivity index (χ3n) is 4.09. The lowest BCUT2D eigenvalue weighted by atomic mass is 10.1.